The minimum absolute atomic E-state index is 0.00139. The Hall–Kier alpha value is -1.62. The van der Waals surface area contributed by atoms with Crippen molar-refractivity contribution in [3.8, 4) is 0 Å². The molecule has 0 aliphatic carbocycles. The van der Waals surface area contributed by atoms with E-state index >= 15 is 0 Å². The molecule has 0 heterocycles. The number of aliphatic hydroxyl groups excluding tert-OH is 1. The van der Waals surface area contributed by atoms with Gasteiger partial charge in [0.2, 0.25) is 0 Å². The van der Waals surface area contributed by atoms with Crippen LogP contribution in [0.2, 0.25) is 0 Å². The van der Waals surface area contributed by atoms with E-state index in [1.165, 1.54) is 13.8 Å². The summed E-state index contributed by atoms with van der Waals surface area (Å²) in [6.45, 7) is 9.56. The Morgan fingerprint density at radius 1 is 1.44 bits per heavy atom. The first-order valence-electron chi connectivity index (χ1n) is 4.74. The lowest BCUT2D eigenvalue weighted by atomic mass is 10.3. The molecule has 0 fully saturated rings. The smallest absolute Gasteiger partial charge is 0.336 e. The van der Waals surface area contributed by atoms with Crippen molar-refractivity contribution in [3.05, 3.63) is 24.8 Å². The van der Waals surface area contributed by atoms with E-state index in [9.17, 15) is 9.59 Å². The Labute approximate surface area is 94.4 Å². The third-order valence-corrected chi connectivity index (χ3v) is 1.53. The van der Waals surface area contributed by atoms with Crippen molar-refractivity contribution in [2.45, 2.75) is 32.7 Å². The second-order valence-corrected chi connectivity index (χ2v) is 3.34. The molecule has 0 bridgehead atoms. The molecular formula is C11H16O5. The second-order valence-electron chi connectivity index (χ2n) is 3.34. The average Bonchev–Trinajstić information content (AvgIpc) is 2.16. The molecule has 2 atom stereocenters. The van der Waals surface area contributed by atoms with Crippen LogP contribution in [-0.2, 0) is 19.1 Å². The first kappa shape index (κ1) is 14.4. The zero-order chi connectivity index (χ0) is 12.7. The van der Waals surface area contributed by atoms with Crippen molar-refractivity contribution in [1.29, 1.82) is 0 Å². The van der Waals surface area contributed by atoms with Crippen LogP contribution in [0.5, 0.6) is 0 Å². The molecule has 0 rings (SSSR count). The molecule has 0 aromatic rings. The van der Waals surface area contributed by atoms with Gasteiger partial charge in [0.15, 0.2) is 0 Å². The molecule has 0 aliphatic heterocycles. The molecule has 0 spiro atoms. The lowest BCUT2D eigenvalue weighted by Crippen LogP contribution is -2.27. The first-order chi connectivity index (χ1) is 7.36. The summed E-state index contributed by atoms with van der Waals surface area (Å²) in [6, 6.07) is 0. The Morgan fingerprint density at radius 3 is 2.38 bits per heavy atom. The zero-order valence-electron chi connectivity index (χ0n) is 9.43. The molecule has 16 heavy (non-hydrogen) atoms. The lowest BCUT2D eigenvalue weighted by Gasteiger charge is -2.18. The largest absolute Gasteiger partial charge is 0.422 e. The summed E-state index contributed by atoms with van der Waals surface area (Å²) in [6.07, 6.45) is -0.947. The molecule has 1 N–H and O–H groups in total. The maximum absolute atomic E-state index is 11.2. The minimum Gasteiger partial charge on any atom is -0.422 e. The van der Waals surface area contributed by atoms with E-state index in [1.54, 1.807) is 0 Å². The van der Waals surface area contributed by atoms with Gasteiger partial charge >= 0.3 is 11.9 Å². The fraction of sp³-hybridized carbons (Fsp3) is 0.455. The van der Waals surface area contributed by atoms with Gasteiger partial charge in [-0.15, -0.1) is 0 Å². The Bertz CT molecular complexity index is 293. The number of esters is 2. The van der Waals surface area contributed by atoms with Crippen LogP contribution in [0.1, 0.15) is 20.3 Å². The number of aliphatic hydroxyl groups is 1. The van der Waals surface area contributed by atoms with Crippen LogP contribution in [0.3, 0.4) is 0 Å². The van der Waals surface area contributed by atoms with Crippen LogP contribution in [0.4, 0.5) is 0 Å². The maximum atomic E-state index is 11.2. The van der Waals surface area contributed by atoms with Gasteiger partial charge in [-0.05, 0) is 13.8 Å². The molecule has 0 aliphatic rings. The molecular weight excluding hydrogens is 212 g/mol. The molecule has 0 amide bonds. The van der Waals surface area contributed by atoms with E-state index < -0.39 is 24.3 Å². The third-order valence-electron chi connectivity index (χ3n) is 1.53. The van der Waals surface area contributed by atoms with Gasteiger partial charge in [-0.2, -0.15) is 0 Å². The zero-order valence-corrected chi connectivity index (χ0v) is 9.43. The average molecular weight is 228 g/mol. The third kappa shape index (κ3) is 5.98. The number of hydrogen-bond donors (Lipinski definition) is 1. The summed E-state index contributed by atoms with van der Waals surface area (Å²) in [5.41, 5.74) is 0.185. The highest BCUT2D eigenvalue weighted by atomic mass is 16.7. The summed E-state index contributed by atoms with van der Waals surface area (Å²) >= 11 is 0. The van der Waals surface area contributed by atoms with Crippen molar-refractivity contribution >= 4 is 11.9 Å². The summed E-state index contributed by atoms with van der Waals surface area (Å²) in [5, 5.41) is 9.13. The van der Waals surface area contributed by atoms with Crippen molar-refractivity contribution < 1.29 is 24.2 Å². The van der Waals surface area contributed by atoms with Gasteiger partial charge in [-0.25, -0.2) is 9.59 Å². The van der Waals surface area contributed by atoms with Gasteiger partial charge in [-0.3, -0.25) is 0 Å². The number of ether oxygens (including phenoxy) is 2. The molecule has 0 aromatic heterocycles. The number of rotatable bonds is 6. The van der Waals surface area contributed by atoms with Crippen LogP contribution in [0.25, 0.3) is 0 Å². The van der Waals surface area contributed by atoms with Gasteiger partial charge < -0.3 is 14.6 Å². The highest BCUT2D eigenvalue weighted by molar-refractivity contribution is 5.87. The Morgan fingerprint density at radius 2 is 2.00 bits per heavy atom. The van der Waals surface area contributed by atoms with Gasteiger partial charge in [-0.1, -0.05) is 13.2 Å². The number of carbonyl (C=O) groups is 2. The topological polar surface area (TPSA) is 72.8 Å². The molecule has 0 saturated carbocycles. The number of carbonyl (C=O) groups excluding carboxylic acids is 2. The van der Waals surface area contributed by atoms with Crippen molar-refractivity contribution in [1.82, 2.24) is 0 Å². The first-order valence-corrected chi connectivity index (χ1v) is 4.74. The van der Waals surface area contributed by atoms with Crippen LogP contribution in [-0.4, -0.2) is 29.4 Å². The van der Waals surface area contributed by atoms with Crippen molar-refractivity contribution in [2.75, 3.05) is 0 Å². The molecule has 2 unspecified atom stereocenters. The van der Waals surface area contributed by atoms with Gasteiger partial charge in [0.05, 0.1) is 6.10 Å². The van der Waals surface area contributed by atoms with E-state index in [1.807, 2.05) is 0 Å². The standard InChI is InChI=1S/C11H16O5/c1-5-9(13)15-10(6-8(4)12)16-11(14)7(2)3/h5,8,10,12H,1-2,6H2,3-4H3. The quantitative estimate of drug-likeness (QED) is 0.416. The molecule has 0 saturated heterocycles. The van der Waals surface area contributed by atoms with E-state index in [-0.39, 0.29) is 12.0 Å². The van der Waals surface area contributed by atoms with Crippen molar-refractivity contribution in [3.63, 3.8) is 0 Å². The molecule has 5 nitrogen and oxygen atoms in total. The van der Waals surface area contributed by atoms with Gasteiger partial charge in [0.1, 0.15) is 0 Å². The lowest BCUT2D eigenvalue weighted by molar-refractivity contribution is -0.185. The summed E-state index contributed by atoms with van der Waals surface area (Å²) in [4.78, 5) is 22.1. The Kier molecular flexibility index (Phi) is 6.10. The normalized spacial score (nSPS) is 13.4. The summed E-state index contributed by atoms with van der Waals surface area (Å²) in [7, 11) is 0. The molecule has 0 aromatic carbocycles. The minimum atomic E-state index is -1.13. The summed E-state index contributed by atoms with van der Waals surface area (Å²) < 4.78 is 9.54. The highest BCUT2D eigenvalue weighted by Crippen LogP contribution is 2.08. The van der Waals surface area contributed by atoms with Crippen LogP contribution in [0.15, 0.2) is 24.8 Å². The van der Waals surface area contributed by atoms with Gasteiger partial charge in [0.25, 0.3) is 6.29 Å². The Balaban J connectivity index is 4.42. The monoisotopic (exact) mass is 228 g/mol. The fourth-order valence-electron chi connectivity index (χ4n) is 0.796. The van der Waals surface area contributed by atoms with Crippen LogP contribution >= 0.6 is 0 Å². The summed E-state index contributed by atoms with van der Waals surface area (Å²) in [5.74, 6) is -1.40. The fourth-order valence-corrected chi connectivity index (χ4v) is 0.796. The molecule has 5 heteroatoms. The highest BCUT2D eigenvalue weighted by Gasteiger charge is 2.20. The van der Waals surface area contributed by atoms with E-state index in [0.29, 0.717) is 0 Å². The number of hydrogen-bond acceptors (Lipinski definition) is 5. The molecule has 0 radical (unpaired) electrons. The second kappa shape index (κ2) is 6.79. The predicted molar refractivity (Wildman–Crippen MR) is 57.3 cm³/mol. The SMILES string of the molecule is C=CC(=O)OC(CC(C)O)OC(=O)C(=C)C. The van der Waals surface area contributed by atoms with Crippen molar-refractivity contribution in [2.24, 2.45) is 0 Å². The van der Waals surface area contributed by atoms with Crippen LogP contribution in [0, 0.1) is 0 Å². The van der Waals surface area contributed by atoms with E-state index in [0.717, 1.165) is 6.08 Å². The molecule has 90 valence electrons. The predicted octanol–water partition coefficient (Wildman–Crippen LogP) is 0.932. The van der Waals surface area contributed by atoms with E-state index in [4.69, 9.17) is 14.6 Å². The maximum Gasteiger partial charge on any atom is 0.336 e. The van der Waals surface area contributed by atoms with Crippen LogP contribution < -0.4 is 0 Å². The van der Waals surface area contributed by atoms with E-state index in [2.05, 4.69) is 13.2 Å². The van der Waals surface area contributed by atoms with Gasteiger partial charge in [0, 0.05) is 18.1 Å².